The van der Waals surface area contributed by atoms with Crippen LogP contribution in [0.25, 0.3) is 0 Å². The smallest absolute Gasteiger partial charge is 0.123 e. The number of anilines is 1. The van der Waals surface area contributed by atoms with Gasteiger partial charge in [0.05, 0.1) is 0 Å². The summed E-state index contributed by atoms with van der Waals surface area (Å²) in [5.74, 6) is 0.474. The SMILES string of the molecule is CNC1C(CN(C)c2ccc(F)cc2)CCC1(C)C. The van der Waals surface area contributed by atoms with Crippen molar-refractivity contribution in [1.82, 2.24) is 5.32 Å². The van der Waals surface area contributed by atoms with Crippen molar-refractivity contribution in [1.29, 1.82) is 0 Å². The number of hydrogen-bond donors (Lipinski definition) is 1. The maximum atomic E-state index is 12.9. The standard InChI is InChI=1S/C16H25FN2/c1-16(2)10-9-12(15(16)18-3)11-19(4)14-7-5-13(17)6-8-14/h5-8,12,15,18H,9-11H2,1-4H3. The lowest BCUT2D eigenvalue weighted by atomic mass is 9.85. The molecule has 2 atom stereocenters. The Morgan fingerprint density at radius 1 is 1.32 bits per heavy atom. The molecule has 2 nitrogen and oxygen atoms in total. The second-order valence-corrected chi connectivity index (χ2v) is 6.41. The van der Waals surface area contributed by atoms with Crippen molar-refractivity contribution in [2.24, 2.45) is 11.3 Å². The van der Waals surface area contributed by atoms with Gasteiger partial charge in [0.25, 0.3) is 0 Å². The Morgan fingerprint density at radius 2 is 1.95 bits per heavy atom. The highest BCUT2D eigenvalue weighted by atomic mass is 19.1. The van der Waals surface area contributed by atoms with Crippen LogP contribution in [0.15, 0.2) is 24.3 Å². The number of hydrogen-bond acceptors (Lipinski definition) is 2. The minimum Gasteiger partial charge on any atom is -0.374 e. The van der Waals surface area contributed by atoms with Crippen molar-refractivity contribution in [3.05, 3.63) is 30.1 Å². The first-order valence-electron chi connectivity index (χ1n) is 7.08. The molecule has 0 bridgehead atoms. The minimum atomic E-state index is -0.174. The van der Waals surface area contributed by atoms with E-state index in [1.165, 1.54) is 25.0 Å². The molecule has 1 aromatic carbocycles. The molecule has 1 N–H and O–H groups in total. The maximum Gasteiger partial charge on any atom is 0.123 e. The van der Waals surface area contributed by atoms with Crippen LogP contribution in [-0.2, 0) is 0 Å². The largest absolute Gasteiger partial charge is 0.374 e. The second-order valence-electron chi connectivity index (χ2n) is 6.41. The lowest BCUT2D eigenvalue weighted by Gasteiger charge is -2.33. The van der Waals surface area contributed by atoms with Crippen LogP contribution in [0, 0.1) is 17.2 Å². The fourth-order valence-corrected chi connectivity index (χ4v) is 3.49. The zero-order valence-electron chi connectivity index (χ0n) is 12.4. The summed E-state index contributed by atoms with van der Waals surface area (Å²) in [5, 5.41) is 3.48. The number of benzene rings is 1. The Balaban J connectivity index is 2.03. The second kappa shape index (κ2) is 5.49. The summed E-state index contributed by atoms with van der Waals surface area (Å²) in [6.45, 7) is 5.69. The molecule has 0 aromatic heterocycles. The van der Waals surface area contributed by atoms with Gasteiger partial charge in [-0.3, -0.25) is 0 Å². The summed E-state index contributed by atoms with van der Waals surface area (Å²) < 4.78 is 12.9. The molecule has 1 aliphatic rings. The fourth-order valence-electron chi connectivity index (χ4n) is 3.49. The van der Waals surface area contributed by atoms with Crippen LogP contribution in [0.2, 0.25) is 0 Å². The molecular formula is C16H25FN2. The Bertz CT molecular complexity index is 413. The van der Waals surface area contributed by atoms with Crippen molar-refractivity contribution < 1.29 is 4.39 Å². The van der Waals surface area contributed by atoms with Gasteiger partial charge < -0.3 is 10.2 Å². The highest BCUT2D eigenvalue weighted by molar-refractivity contribution is 5.45. The van der Waals surface area contributed by atoms with E-state index >= 15 is 0 Å². The lowest BCUT2D eigenvalue weighted by molar-refractivity contribution is 0.263. The van der Waals surface area contributed by atoms with Gasteiger partial charge in [0.2, 0.25) is 0 Å². The summed E-state index contributed by atoms with van der Waals surface area (Å²) in [6, 6.07) is 7.31. The molecule has 19 heavy (non-hydrogen) atoms. The van der Waals surface area contributed by atoms with Gasteiger partial charge in [0, 0.05) is 25.3 Å². The highest BCUT2D eigenvalue weighted by Gasteiger charge is 2.41. The molecule has 1 aliphatic carbocycles. The molecule has 0 radical (unpaired) electrons. The van der Waals surface area contributed by atoms with E-state index in [0.717, 1.165) is 12.2 Å². The third kappa shape index (κ3) is 3.08. The Kier molecular flexibility index (Phi) is 4.14. The Morgan fingerprint density at radius 3 is 2.53 bits per heavy atom. The van der Waals surface area contributed by atoms with Gasteiger partial charge in [0.1, 0.15) is 5.82 Å². The zero-order chi connectivity index (χ0) is 14.0. The van der Waals surface area contributed by atoms with Crippen LogP contribution in [0.4, 0.5) is 10.1 Å². The Hall–Kier alpha value is -1.09. The molecule has 0 spiro atoms. The molecule has 2 unspecified atom stereocenters. The first-order chi connectivity index (χ1) is 8.94. The van der Waals surface area contributed by atoms with E-state index < -0.39 is 0 Å². The van der Waals surface area contributed by atoms with E-state index in [0.29, 0.717) is 17.4 Å². The van der Waals surface area contributed by atoms with Crippen molar-refractivity contribution in [2.45, 2.75) is 32.7 Å². The highest BCUT2D eigenvalue weighted by Crippen LogP contribution is 2.41. The molecule has 3 heteroatoms. The first-order valence-corrected chi connectivity index (χ1v) is 7.08. The van der Waals surface area contributed by atoms with Crippen LogP contribution in [-0.4, -0.2) is 26.7 Å². The van der Waals surface area contributed by atoms with E-state index in [4.69, 9.17) is 0 Å². The molecule has 1 fully saturated rings. The quantitative estimate of drug-likeness (QED) is 0.897. The van der Waals surface area contributed by atoms with E-state index in [2.05, 4.69) is 38.2 Å². The predicted octanol–water partition coefficient (Wildman–Crippen LogP) is 3.29. The van der Waals surface area contributed by atoms with Gasteiger partial charge in [-0.2, -0.15) is 0 Å². The zero-order valence-corrected chi connectivity index (χ0v) is 12.4. The molecule has 1 saturated carbocycles. The normalized spacial score (nSPS) is 25.5. The third-order valence-electron chi connectivity index (χ3n) is 4.56. The van der Waals surface area contributed by atoms with Crippen LogP contribution in [0.3, 0.4) is 0 Å². The molecular weight excluding hydrogens is 239 g/mol. The predicted molar refractivity (Wildman–Crippen MR) is 79.0 cm³/mol. The number of rotatable bonds is 4. The van der Waals surface area contributed by atoms with Crippen molar-refractivity contribution in [3.8, 4) is 0 Å². The minimum absolute atomic E-state index is 0.174. The number of halogens is 1. The molecule has 0 saturated heterocycles. The van der Waals surface area contributed by atoms with Crippen molar-refractivity contribution in [2.75, 3.05) is 25.5 Å². The van der Waals surface area contributed by atoms with Crippen molar-refractivity contribution >= 4 is 5.69 Å². The third-order valence-corrected chi connectivity index (χ3v) is 4.56. The average Bonchev–Trinajstić information content (AvgIpc) is 2.64. The van der Waals surface area contributed by atoms with Crippen LogP contribution >= 0.6 is 0 Å². The van der Waals surface area contributed by atoms with Gasteiger partial charge in [-0.25, -0.2) is 4.39 Å². The van der Waals surface area contributed by atoms with Gasteiger partial charge in [-0.1, -0.05) is 13.8 Å². The summed E-state index contributed by atoms with van der Waals surface area (Å²) in [4.78, 5) is 2.23. The van der Waals surface area contributed by atoms with E-state index in [9.17, 15) is 4.39 Å². The van der Waals surface area contributed by atoms with E-state index in [1.54, 1.807) is 0 Å². The summed E-state index contributed by atoms with van der Waals surface area (Å²) in [5.41, 5.74) is 1.45. The lowest BCUT2D eigenvalue weighted by Crippen LogP contribution is -2.43. The number of nitrogens with zero attached hydrogens (tertiary/aromatic N) is 1. The van der Waals surface area contributed by atoms with Gasteiger partial charge in [-0.15, -0.1) is 0 Å². The molecule has 1 aromatic rings. The average molecular weight is 264 g/mol. The molecule has 106 valence electrons. The molecule has 2 rings (SSSR count). The summed E-state index contributed by atoms with van der Waals surface area (Å²) >= 11 is 0. The monoisotopic (exact) mass is 264 g/mol. The van der Waals surface area contributed by atoms with Crippen LogP contribution in [0.5, 0.6) is 0 Å². The molecule has 0 heterocycles. The topological polar surface area (TPSA) is 15.3 Å². The van der Waals surface area contributed by atoms with Crippen LogP contribution in [0.1, 0.15) is 26.7 Å². The maximum absolute atomic E-state index is 12.9. The van der Waals surface area contributed by atoms with Gasteiger partial charge in [0.15, 0.2) is 0 Å². The van der Waals surface area contributed by atoms with Gasteiger partial charge in [-0.05, 0) is 55.5 Å². The van der Waals surface area contributed by atoms with E-state index in [1.807, 2.05) is 12.1 Å². The molecule has 0 aliphatic heterocycles. The number of nitrogens with one attached hydrogen (secondary N) is 1. The van der Waals surface area contributed by atoms with Crippen molar-refractivity contribution in [3.63, 3.8) is 0 Å². The van der Waals surface area contributed by atoms with Gasteiger partial charge >= 0.3 is 0 Å². The Labute approximate surface area is 116 Å². The van der Waals surface area contributed by atoms with Crippen LogP contribution < -0.4 is 10.2 Å². The van der Waals surface area contributed by atoms with E-state index in [-0.39, 0.29) is 5.82 Å². The summed E-state index contributed by atoms with van der Waals surface area (Å²) in [6.07, 6.45) is 2.52. The molecule has 0 amide bonds. The first kappa shape index (κ1) is 14.3. The fraction of sp³-hybridized carbons (Fsp3) is 0.625. The summed E-state index contributed by atoms with van der Waals surface area (Å²) in [7, 11) is 4.15.